The summed E-state index contributed by atoms with van der Waals surface area (Å²) in [5, 5.41) is 0. The molecule has 3 nitrogen and oxygen atoms in total. The fraction of sp³-hybridized carbons (Fsp3) is 0.0435. The first-order chi connectivity index (χ1) is 13.8. The average Bonchev–Trinajstić information content (AvgIpc) is 2.72. The maximum Gasteiger partial charge on any atom is 0.416 e. The van der Waals surface area contributed by atoms with Crippen molar-refractivity contribution in [3.63, 3.8) is 0 Å². The zero-order valence-electron chi connectivity index (χ0n) is 15.0. The van der Waals surface area contributed by atoms with Gasteiger partial charge in [0.15, 0.2) is 5.78 Å². The van der Waals surface area contributed by atoms with Crippen LogP contribution >= 0.6 is 0 Å². The Morgan fingerprint density at radius 1 is 0.793 bits per heavy atom. The van der Waals surface area contributed by atoms with Gasteiger partial charge in [-0.1, -0.05) is 42.5 Å². The van der Waals surface area contributed by atoms with Gasteiger partial charge in [-0.15, -0.1) is 0 Å². The van der Waals surface area contributed by atoms with Crippen LogP contribution in [0, 0.1) is 0 Å². The lowest BCUT2D eigenvalue weighted by atomic mass is 10.0. The van der Waals surface area contributed by atoms with Gasteiger partial charge in [0.2, 0.25) is 0 Å². The van der Waals surface area contributed by atoms with Crippen molar-refractivity contribution in [2.45, 2.75) is 6.18 Å². The summed E-state index contributed by atoms with van der Waals surface area (Å²) in [7, 11) is 0. The number of ketones is 1. The molecule has 146 valence electrons. The molecule has 0 fully saturated rings. The molecule has 0 aliphatic heterocycles. The van der Waals surface area contributed by atoms with Crippen LogP contribution in [-0.2, 0) is 11.0 Å². The van der Waals surface area contributed by atoms with Gasteiger partial charge >= 0.3 is 12.1 Å². The van der Waals surface area contributed by atoms with Crippen LogP contribution in [0.2, 0.25) is 0 Å². The van der Waals surface area contributed by atoms with Crippen molar-refractivity contribution in [2.24, 2.45) is 0 Å². The number of carbonyl (C=O) groups is 2. The van der Waals surface area contributed by atoms with Crippen LogP contribution in [0.15, 0.2) is 84.9 Å². The summed E-state index contributed by atoms with van der Waals surface area (Å²) < 4.78 is 43.3. The molecule has 0 saturated carbocycles. The predicted octanol–water partition coefficient (Wildman–Crippen LogP) is 5.56. The van der Waals surface area contributed by atoms with Crippen LogP contribution in [-0.4, -0.2) is 11.8 Å². The molecule has 6 heteroatoms. The third-order valence-corrected chi connectivity index (χ3v) is 4.00. The molecule has 0 bridgehead atoms. The SMILES string of the molecule is O=C(C=Cc1cccc(C(F)(F)F)c1)Oc1ccc(C(=O)c2ccccc2)cc1. The number of benzene rings is 3. The minimum Gasteiger partial charge on any atom is -0.423 e. The van der Waals surface area contributed by atoms with Gasteiger partial charge in [-0.2, -0.15) is 13.2 Å². The molecular weight excluding hydrogens is 381 g/mol. The van der Waals surface area contributed by atoms with E-state index in [1.165, 1.54) is 42.5 Å². The fourth-order valence-electron chi connectivity index (χ4n) is 2.56. The minimum atomic E-state index is -4.46. The number of halogens is 3. The Hall–Kier alpha value is -3.67. The summed E-state index contributed by atoms with van der Waals surface area (Å²) in [6.07, 6.45) is -2.17. The van der Waals surface area contributed by atoms with E-state index in [9.17, 15) is 22.8 Å². The lowest BCUT2D eigenvalue weighted by molar-refractivity contribution is -0.137. The summed E-state index contributed by atoms with van der Waals surface area (Å²) in [6.45, 7) is 0. The second-order valence-electron chi connectivity index (χ2n) is 6.10. The first-order valence-corrected chi connectivity index (χ1v) is 8.60. The third-order valence-electron chi connectivity index (χ3n) is 4.00. The largest absolute Gasteiger partial charge is 0.423 e. The topological polar surface area (TPSA) is 43.4 Å². The molecule has 0 aromatic heterocycles. The summed E-state index contributed by atoms with van der Waals surface area (Å²) >= 11 is 0. The molecule has 0 saturated heterocycles. The van der Waals surface area contributed by atoms with E-state index in [0.717, 1.165) is 18.2 Å². The van der Waals surface area contributed by atoms with E-state index < -0.39 is 17.7 Å². The highest BCUT2D eigenvalue weighted by atomic mass is 19.4. The lowest BCUT2D eigenvalue weighted by Gasteiger charge is -2.06. The maximum atomic E-state index is 12.7. The van der Waals surface area contributed by atoms with Crippen molar-refractivity contribution in [2.75, 3.05) is 0 Å². The van der Waals surface area contributed by atoms with Gasteiger partial charge in [-0.25, -0.2) is 4.79 Å². The van der Waals surface area contributed by atoms with Crippen LogP contribution in [0.4, 0.5) is 13.2 Å². The number of alkyl halides is 3. The Kier molecular flexibility index (Phi) is 5.93. The Labute approximate surface area is 165 Å². The Balaban J connectivity index is 1.64. The molecule has 3 aromatic rings. The van der Waals surface area contributed by atoms with Gasteiger partial charge in [0.1, 0.15) is 5.75 Å². The first-order valence-electron chi connectivity index (χ1n) is 8.60. The van der Waals surface area contributed by atoms with E-state index >= 15 is 0 Å². The van der Waals surface area contributed by atoms with E-state index in [1.54, 1.807) is 24.3 Å². The molecule has 0 aliphatic carbocycles. The standard InChI is InChI=1S/C23H15F3O3/c24-23(25,26)19-8-4-5-16(15-19)9-14-21(27)29-20-12-10-18(11-13-20)22(28)17-6-2-1-3-7-17/h1-15H. The molecule has 0 unspecified atom stereocenters. The normalized spacial score (nSPS) is 11.4. The van der Waals surface area contributed by atoms with Crippen molar-refractivity contribution in [1.82, 2.24) is 0 Å². The molecule has 3 aromatic carbocycles. The van der Waals surface area contributed by atoms with Gasteiger partial charge in [-0.05, 0) is 48.0 Å². The van der Waals surface area contributed by atoms with Crippen LogP contribution in [0.1, 0.15) is 27.0 Å². The molecule has 0 spiro atoms. The Morgan fingerprint density at radius 3 is 2.10 bits per heavy atom. The zero-order chi connectivity index (χ0) is 20.9. The van der Waals surface area contributed by atoms with E-state index in [-0.39, 0.29) is 17.1 Å². The number of esters is 1. The summed E-state index contributed by atoms with van der Waals surface area (Å²) in [6, 6.07) is 19.4. The van der Waals surface area contributed by atoms with Crippen molar-refractivity contribution in [1.29, 1.82) is 0 Å². The third kappa shape index (κ3) is 5.42. The summed E-state index contributed by atoms with van der Waals surface area (Å²) in [5.74, 6) is -0.689. The molecule has 0 amide bonds. The molecule has 0 atom stereocenters. The Bertz CT molecular complexity index is 1040. The number of carbonyl (C=O) groups excluding carboxylic acids is 2. The highest BCUT2D eigenvalue weighted by Crippen LogP contribution is 2.29. The van der Waals surface area contributed by atoms with Gasteiger partial charge in [0.05, 0.1) is 5.56 Å². The average molecular weight is 396 g/mol. The second kappa shape index (κ2) is 8.56. The van der Waals surface area contributed by atoms with Crippen LogP contribution in [0.5, 0.6) is 5.75 Å². The molecule has 0 heterocycles. The summed E-state index contributed by atoms with van der Waals surface area (Å²) in [4.78, 5) is 24.2. The van der Waals surface area contributed by atoms with E-state index in [2.05, 4.69) is 0 Å². The van der Waals surface area contributed by atoms with E-state index in [4.69, 9.17) is 4.74 Å². The minimum absolute atomic E-state index is 0.159. The molecular formula is C23H15F3O3. The van der Waals surface area contributed by atoms with Crippen molar-refractivity contribution < 1.29 is 27.5 Å². The predicted molar refractivity (Wildman–Crippen MR) is 102 cm³/mol. The van der Waals surface area contributed by atoms with Crippen LogP contribution in [0.3, 0.4) is 0 Å². The quantitative estimate of drug-likeness (QED) is 0.246. The van der Waals surface area contributed by atoms with Gasteiger partial charge in [-0.3, -0.25) is 4.79 Å². The maximum absolute atomic E-state index is 12.7. The molecule has 29 heavy (non-hydrogen) atoms. The van der Waals surface area contributed by atoms with Gasteiger partial charge in [0.25, 0.3) is 0 Å². The fourth-order valence-corrected chi connectivity index (χ4v) is 2.56. The number of ether oxygens (including phenoxy) is 1. The van der Waals surface area contributed by atoms with E-state index in [1.807, 2.05) is 6.07 Å². The second-order valence-corrected chi connectivity index (χ2v) is 6.10. The number of hydrogen-bond acceptors (Lipinski definition) is 3. The highest BCUT2D eigenvalue weighted by molar-refractivity contribution is 6.09. The highest BCUT2D eigenvalue weighted by Gasteiger charge is 2.30. The molecule has 3 rings (SSSR count). The van der Waals surface area contributed by atoms with Crippen molar-refractivity contribution in [3.8, 4) is 5.75 Å². The smallest absolute Gasteiger partial charge is 0.416 e. The number of rotatable bonds is 5. The monoisotopic (exact) mass is 396 g/mol. The van der Waals surface area contributed by atoms with Crippen LogP contribution < -0.4 is 4.74 Å². The molecule has 0 N–H and O–H groups in total. The van der Waals surface area contributed by atoms with E-state index in [0.29, 0.717) is 11.1 Å². The molecule has 0 radical (unpaired) electrons. The summed E-state index contributed by atoms with van der Waals surface area (Å²) in [5.41, 5.74) is 0.407. The molecule has 0 aliphatic rings. The van der Waals surface area contributed by atoms with Gasteiger partial charge < -0.3 is 4.74 Å². The van der Waals surface area contributed by atoms with Crippen molar-refractivity contribution >= 4 is 17.8 Å². The van der Waals surface area contributed by atoms with Crippen LogP contribution in [0.25, 0.3) is 6.08 Å². The van der Waals surface area contributed by atoms with Crippen molar-refractivity contribution in [3.05, 3.63) is 107 Å². The van der Waals surface area contributed by atoms with Gasteiger partial charge in [0, 0.05) is 17.2 Å². The zero-order valence-corrected chi connectivity index (χ0v) is 15.0. The lowest BCUT2D eigenvalue weighted by Crippen LogP contribution is -2.05. The number of hydrogen-bond donors (Lipinski definition) is 0. The first kappa shape index (κ1) is 20.1. The Morgan fingerprint density at radius 2 is 1.45 bits per heavy atom.